The van der Waals surface area contributed by atoms with Gasteiger partial charge in [-0.2, -0.15) is 0 Å². The monoisotopic (exact) mass is 62.0 g/mol. The molecule has 0 unspecified atom stereocenters. The Balaban J connectivity index is 2.80. The Kier molecular flexibility index (Phi) is 0.429. The molecule has 0 aromatic carbocycles. The molecule has 0 aliphatic heterocycles. The van der Waals surface area contributed by atoms with Crippen molar-refractivity contribution in [2.45, 2.75) is 0 Å². The minimum absolute atomic E-state index is 1.44. The molecule has 0 N–H and O–H groups in total. The van der Waals surface area contributed by atoms with Crippen LogP contribution in [-0.2, 0) is 0 Å². The molecule has 1 aliphatic rings. The minimum atomic E-state index is 1.44. The average Bonchev–Trinajstić information content (AvgIpc) is 1.75. The zero-order valence-corrected chi connectivity index (χ0v) is 3.78. The van der Waals surface area contributed by atoms with Crippen LogP contribution in [0.1, 0.15) is 0 Å². The molecular weight excluding hydrogens is 60.3 g/mol. The Morgan fingerprint density at radius 2 is 1.75 bits per heavy atom. The van der Waals surface area contributed by atoms with Gasteiger partial charge in [0.05, 0.1) is 0 Å². The van der Waals surface area contributed by atoms with Gasteiger partial charge in [0.1, 0.15) is 0 Å². The summed E-state index contributed by atoms with van der Waals surface area (Å²) in [6, 6.07) is 0. The first-order chi connectivity index (χ1) is 1.89. The molecule has 4 heavy (non-hydrogen) atoms. The Morgan fingerprint density at radius 1 is 1.50 bits per heavy atom. The molecule has 0 radical (unpaired) electrons. The van der Waals surface area contributed by atoms with E-state index in [0.717, 1.165) is 0 Å². The van der Waals surface area contributed by atoms with E-state index in [0.29, 0.717) is 0 Å². The van der Waals surface area contributed by atoms with Gasteiger partial charge in [0, 0.05) is 0 Å². The van der Waals surface area contributed by atoms with E-state index in [9.17, 15) is 0 Å². The van der Waals surface area contributed by atoms with Gasteiger partial charge in [-0.3, -0.25) is 0 Å². The molecule has 0 heterocycles. The van der Waals surface area contributed by atoms with Gasteiger partial charge < -0.3 is 0 Å². The van der Waals surface area contributed by atoms with E-state index in [2.05, 4.69) is 12.2 Å². The van der Waals surface area contributed by atoms with Gasteiger partial charge in [0.2, 0.25) is 0 Å². The Labute approximate surface area is 37.4 Å². The second-order valence-corrected chi connectivity index (χ2v) is 1.72. The van der Waals surface area contributed by atoms with Crippen molar-refractivity contribution < 1.29 is 0 Å². The van der Waals surface area contributed by atoms with Gasteiger partial charge in [-0.05, 0) is 0 Å². The van der Waals surface area contributed by atoms with E-state index in [-0.39, 0.29) is 0 Å². The normalized spacial score (nSPS) is 18.0. The predicted molar refractivity (Wildman–Crippen MR) is 19.9 cm³/mol. The van der Waals surface area contributed by atoms with E-state index in [4.69, 9.17) is 0 Å². The van der Waals surface area contributed by atoms with Crippen LogP contribution < -0.4 is 0 Å². The zero-order valence-electron chi connectivity index (χ0n) is 2.36. The number of hydrogen-bond acceptors (Lipinski definition) is 0. The van der Waals surface area contributed by atoms with Crippen molar-refractivity contribution >= 4 is 24.9 Å². The molecule has 0 atom stereocenters. The standard InChI is InChI=1S/C3H2.Mg/c1-2-3-1;/h1-2H;. The summed E-state index contributed by atoms with van der Waals surface area (Å²) in [6.45, 7) is 0. The van der Waals surface area contributed by atoms with Crippen molar-refractivity contribution in [1.29, 1.82) is 0 Å². The first kappa shape index (κ1) is 2.60. The van der Waals surface area contributed by atoms with Crippen LogP contribution in [0.4, 0.5) is 0 Å². The van der Waals surface area contributed by atoms with Crippen LogP contribution in [0.25, 0.3) is 0 Å². The first-order valence-electron chi connectivity index (χ1n) is 1.26. The van der Waals surface area contributed by atoms with Gasteiger partial charge in [0.25, 0.3) is 0 Å². The summed E-state index contributed by atoms with van der Waals surface area (Å²) in [6.07, 6.45) is 4.19. The molecule has 0 saturated carbocycles. The molecule has 0 spiro atoms. The molecular formula is C3H2Mg. The third kappa shape index (κ3) is 0.395. The number of hydrogen-bond donors (Lipinski definition) is 0. The van der Waals surface area contributed by atoms with Gasteiger partial charge in [-0.25, -0.2) is 0 Å². The maximum absolute atomic E-state index is 2.10. The molecule has 0 fully saturated rings. The van der Waals surface area contributed by atoms with Crippen molar-refractivity contribution in [3.63, 3.8) is 0 Å². The number of allylic oxidation sites excluding steroid dienone is 2. The molecule has 0 nitrogen and oxygen atoms in total. The van der Waals surface area contributed by atoms with Crippen molar-refractivity contribution in [3.8, 4) is 0 Å². The molecule has 0 bridgehead atoms. The van der Waals surface area contributed by atoms with Gasteiger partial charge in [-0.15, -0.1) is 0 Å². The summed E-state index contributed by atoms with van der Waals surface area (Å²) >= 11 is 1.92. The van der Waals surface area contributed by atoms with E-state index in [1.165, 1.54) is 3.63 Å². The first-order valence-corrected chi connectivity index (χ1v) is 1.97. The van der Waals surface area contributed by atoms with Crippen LogP contribution in [0, 0.1) is 0 Å². The predicted octanol–water partition coefficient (Wildman–Crippen LogP) is -0.103. The average molecular weight is 62.4 g/mol. The SMILES string of the molecule is [Mg]=[C]1C=C1. The Bertz CT molecular complexity index is 63.4. The molecule has 0 aromatic rings. The topological polar surface area (TPSA) is 0 Å². The van der Waals surface area contributed by atoms with E-state index < -0.39 is 0 Å². The summed E-state index contributed by atoms with van der Waals surface area (Å²) in [4.78, 5) is 0. The maximum atomic E-state index is 2.10. The molecule has 0 saturated heterocycles. The molecule has 1 rings (SSSR count). The molecule has 16 valence electrons. The second-order valence-electron chi connectivity index (χ2n) is 0.908. The van der Waals surface area contributed by atoms with Crippen molar-refractivity contribution in [3.05, 3.63) is 12.2 Å². The molecule has 0 amide bonds. The summed E-state index contributed by atoms with van der Waals surface area (Å²) in [5, 5.41) is 0. The molecule has 1 aliphatic carbocycles. The van der Waals surface area contributed by atoms with Crippen LogP contribution in [-0.4, -0.2) is 24.9 Å². The Morgan fingerprint density at radius 3 is 1.75 bits per heavy atom. The van der Waals surface area contributed by atoms with Crippen LogP contribution >= 0.6 is 0 Å². The van der Waals surface area contributed by atoms with Crippen molar-refractivity contribution in [2.24, 2.45) is 0 Å². The second kappa shape index (κ2) is 0.660. The van der Waals surface area contributed by atoms with Gasteiger partial charge in [0.15, 0.2) is 0 Å². The fraction of sp³-hybridized carbons (Fsp3) is 0. The van der Waals surface area contributed by atoms with Crippen LogP contribution in [0.15, 0.2) is 12.2 Å². The van der Waals surface area contributed by atoms with E-state index in [1.807, 2.05) is 21.2 Å². The van der Waals surface area contributed by atoms with Gasteiger partial charge >= 0.3 is 37.0 Å². The Hall–Kier alpha value is 0.376. The van der Waals surface area contributed by atoms with E-state index in [1.54, 1.807) is 0 Å². The van der Waals surface area contributed by atoms with Crippen LogP contribution in [0.5, 0.6) is 0 Å². The molecule has 0 aromatic heterocycles. The third-order valence-corrected chi connectivity index (χ3v) is 0.874. The van der Waals surface area contributed by atoms with Crippen molar-refractivity contribution in [1.82, 2.24) is 0 Å². The quantitative estimate of drug-likeness (QED) is 0.344. The summed E-state index contributed by atoms with van der Waals surface area (Å²) in [5.74, 6) is 0. The summed E-state index contributed by atoms with van der Waals surface area (Å²) < 4.78 is 1.44. The van der Waals surface area contributed by atoms with Crippen molar-refractivity contribution in [2.75, 3.05) is 0 Å². The summed E-state index contributed by atoms with van der Waals surface area (Å²) in [7, 11) is 0. The zero-order chi connectivity index (χ0) is 2.99. The summed E-state index contributed by atoms with van der Waals surface area (Å²) in [5.41, 5.74) is 0. The van der Waals surface area contributed by atoms with E-state index >= 15 is 0 Å². The fourth-order valence-electron chi connectivity index (χ4n) is 0.0589. The van der Waals surface area contributed by atoms with Crippen LogP contribution in [0.2, 0.25) is 0 Å². The van der Waals surface area contributed by atoms with Gasteiger partial charge in [-0.1, -0.05) is 0 Å². The third-order valence-electron chi connectivity index (χ3n) is 0.402. The fourth-order valence-corrected chi connectivity index (χ4v) is 0.177. The van der Waals surface area contributed by atoms with Crippen LogP contribution in [0.3, 0.4) is 0 Å². The number of rotatable bonds is 0. The molecule has 1 heteroatoms.